The predicted molar refractivity (Wildman–Crippen MR) is 110 cm³/mol. The van der Waals surface area contributed by atoms with E-state index >= 15 is 0 Å². The molecule has 146 valence electrons. The normalized spacial score (nSPS) is 21.7. The molecule has 4 rings (SSSR count). The third kappa shape index (κ3) is 4.04. The molecular formula is C22H24ClN3O2. The number of pyridine rings is 1. The summed E-state index contributed by atoms with van der Waals surface area (Å²) < 4.78 is 0. The summed E-state index contributed by atoms with van der Waals surface area (Å²) in [6.45, 7) is 0.849. The van der Waals surface area contributed by atoms with Crippen LogP contribution in [0.3, 0.4) is 0 Å². The Morgan fingerprint density at radius 2 is 1.68 bits per heavy atom. The molecule has 2 aromatic rings. The summed E-state index contributed by atoms with van der Waals surface area (Å²) in [5.74, 6) is 0.513. The standard InChI is InChI=1S/C22H24ClN3O2/c23-20-12-9-17(14-24-20)21(27)25-18-10-7-16(8-11-18)22(28)26-13-3-5-15-4-1-2-6-19(15)26/h7-12,14-15,19H,1-6,13H2,(H,25,27)/t15-,19-/m0/s1. The van der Waals surface area contributed by atoms with Crippen LogP contribution in [-0.2, 0) is 0 Å². The lowest BCUT2D eigenvalue weighted by molar-refractivity contribution is 0.0390. The summed E-state index contributed by atoms with van der Waals surface area (Å²) in [6, 6.07) is 10.7. The molecule has 1 saturated heterocycles. The zero-order valence-electron chi connectivity index (χ0n) is 15.7. The number of amides is 2. The van der Waals surface area contributed by atoms with E-state index < -0.39 is 0 Å². The summed E-state index contributed by atoms with van der Waals surface area (Å²) in [5.41, 5.74) is 1.75. The van der Waals surface area contributed by atoms with E-state index in [1.807, 2.05) is 0 Å². The van der Waals surface area contributed by atoms with Gasteiger partial charge in [0.2, 0.25) is 0 Å². The number of rotatable bonds is 3. The Balaban J connectivity index is 1.43. The maximum Gasteiger partial charge on any atom is 0.257 e. The third-order valence-electron chi connectivity index (χ3n) is 5.88. The van der Waals surface area contributed by atoms with Crippen LogP contribution in [0.25, 0.3) is 0 Å². The van der Waals surface area contributed by atoms with Crippen molar-refractivity contribution in [2.24, 2.45) is 5.92 Å². The molecule has 1 aliphatic carbocycles. The Labute approximate surface area is 170 Å². The summed E-state index contributed by atoms with van der Waals surface area (Å²) in [5, 5.41) is 3.17. The van der Waals surface area contributed by atoms with E-state index in [2.05, 4.69) is 15.2 Å². The van der Waals surface area contributed by atoms with Gasteiger partial charge in [-0.2, -0.15) is 0 Å². The van der Waals surface area contributed by atoms with Crippen molar-refractivity contribution in [3.63, 3.8) is 0 Å². The highest BCUT2D eigenvalue weighted by Gasteiger charge is 2.35. The molecule has 5 nitrogen and oxygen atoms in total. The average Bonchev–Trinajstić information content (AvgIpc) is 2.74. The van der Waals surface area contributed by atoms with E-state index in [1.165, 1.54) is 31.9 Å². The van der Waals surface area contributed by atoms with Gasteiger partial charge in [-0.1, -0.05) is 24.4 Å². The van der Waals surface area contributed by atoms with Crippen LogP contribution in [0.2, 0.25) is 5.15 Å². The van der Waals surface area contributed by atoms with Crippen molar-refractivity contribution < 1.29 is 9.59 Å². The number of carbonyl (C=O) groups excluding carboxylic acids is 2. The van der Waals surface area contributed by atoms with E-state index in [-0.39, 0.29) is 11.8 Å². The highest BCUT2D eigenvalue weighted by molar-refractivity contribution is 6.29. The van der Waals surface area contributed by atoms with E-state index in [0.717, 1.165) is 19.4 Å². The first-order valence-electron chi connectivity index (χ1n) is 9.96. The van der Waals surface area contributed by atoms with Gasteiger partial charge < -0.3 is 10.2 Å². The minimum Gasteiger partial charge on any atom is -0.335 e. The van der Waals surface area contributed by atoms with E-state index in [1.54, 1.807) is 36.4 Å². The van der Waals surface area contributed by atoms with Crippen LogP contribution < -0.4 is 5.32 Å². The summed E-state index contributed by atoms with van der Waals surface area (Å²) in [7, 11) is 0. The minimum absolute atomic E-state index is 0.108. The number of anilines is 1. The second-order valence-corrected chi connectivity index (χ2v) is 8.04. The molecule has 1 aliphatic heterocycles. The fraction of sp³-hybridized carbons (Fsp3) is 0.409. The van der Waals surface area contributed by atoms with Crippen LogP contribution in [0.5, 0.6) is 0 Å². The van der Waals surface area contributed by atoms with Crippen LogP contribution >= 0.6 is 11.6 Å². The van der Waals surface area contributed by atoms with Crippen LogP contribution in [0.1, 0.15) is 59.2 Å². The van der Waals surface area contributed by atoms with Crippen molar-refractivity contribution >= 4 is 29.1 Å². The number of fused-ring (bicyclic) bond motifs is 1. The zero-order valence-corrected chi connectivity index (χ0v) is 16.5. The van der Waals surface area contributed by atoms with Crippen LogP contribution in [-0.4, -0.2) is 34.3 Å². The molecule has 2 atom stereocenters. The van der Waals surface area contributed by atoms with Crippen LogP contribution in [0, 0.1) is 5.92 Å². The van der Waals surface area contributed by atoms with Crippen molar-refractivity contribution in [3.8, 4) is 0 Å². The number of halogens is 1. The van der Waals surface area contributed by atoms with Gasteiger partial charge in [0, 0.05) is 30.0 Å². The lowest BCUT2D eigenvalue weighted by atomic mass is 9.78. The van der Waals surface area contributed by atoms with Crippen molar-refractivity contribution in [1.29, 1.82) is 0 Å². The first kappa shape index (κ1) is 18.9. The fourth-order valence-corrected chi connectivity index (χ4v) is 4.56. The molecule has 1 saturated carbocycles. The van der Waals surface area contributed by atoms with E-state index in [4.69, 9.17) is 11.6 Å². The van der Waals surface area contributed by atoms with Gasteiger partial charge in [-0.25, -0.2) is 4.98 Å². The lowest BCUT2D eigenvalue weighted by Crippen LogP contribution is -2.49. The van der Waals surface area contributed by atoms with E-state index in [9.17, 15) is 9.59 Å². The molecule has 1 aromatic carbocycles. The molecule has 28 heavy (non-hydrogen) atoms. The molecule has 0 spiro atoms. The van der Waals surface area contributed by atoms with E-state index in [0.29, 0.717) is 33.9 Å². The van der Waals surface area contributed by atoms with Crippen molar-refractivity contribution in [2.75, 3.05) is 11.9 Å². The molecule has 2 aliphatic rings. The third-order valence-corrected chi connectivity index (χ3v) is 6.11. The Hall–Kier alpha value is -2.40. The molecule has 1 aromatic heterocycles. The van der Waals surface area contributed by atoms with Gasteiger partial charge in [-0.05, 0) is 68.0 Å². The van der Waals surface area contributed by atoms with Gasteiger partial charge in [0.25, 0.3) is 11.8 Å². The zero-order chi connectivity index (χ0) is 19.5. The second kappa shape index (κ2) is 8.31. The van der Waals surface area contributed by atoms with Gasteiger partial charge >= 0.3 is 0 Å². The number of aromatic nitrogens is 1. The Morgan fingerprint density at radius 3 is 2.43 bits per heavy atom. The molecule has 0 unspecified atom stereocenters. The molecule has 6 heteroatoms. The molecule has 2 heterocycles. The van der Waals surface area contributed by atoms with Crippen molar-refractivity contribution in [3.05, 3.63) is 58.9 Å². The number of hydrogen-bond acceptors (Lipinski definition) is 3. The van der Waals surface area contributed by atoms with Gasteiger partial charge in [-0.15, -0.1) is 0 Å². The Bertz CT molecular complexity index is 849. The molecular weight excluding hydrogens is 374 g/mol. The van der Waals surface area contributed by atoms with Gasteiger partial charge in [0.1, 0.15) is 5.15 Å². The summed E-state index contributed by atoms with van der Waals surface area (Å²) in [4.78, 5) is 31.3. The maximum absolute atomic E-state index is 13.1. The summed E-state index contributed by atoms with van der Waals surface area (Å²) >= 11 is 5.75. The lowest BCUT2D eigenvalue weighted by Gasteiger charge is -2.44. The smallest absolute Gasteiger partial charge is 0.257 e. The minimum atomic E-state index is -0.260. The number of piperidine rings is 1. The van der Waals surface area contributed by atoms with Crippen LogP contribution in [0.4, 0.5) is 5.69 Å². The van der Waals surface area contributed by atoms with Gasteiger partial charge in [0.15, 0.2) is 0 Å². The molecule has 2 amide bonds. The highest BCUT2D eigenvalue weighted by atomic mass is 35.5. The first-order valence-corrected chi connectivity index (χ1v) is 10.3. The Kier molecular flexibility index (Phi) is 5.62. The SMILES string of the molecule is O=C(Nc1ccc(C(=O)N2CCC[C@@H]3CCCC[C@@H]32)cc1)c1ccc(Cl)nc1. The van der Waals surface area contributed by atoms with Crippen molar-refractivity contribution in [2.45, 2.75) is 44.6 Å². The maximum atomic E-state index is 13.1. The quantitative estimate of drug-likeness (QED) is 0.758. The highest BCUT2D eigenvalue weighted by Crippen LogP contribution is 2.36. The topological polar surface area (TPSA) is 62.3 Å². The van der Waals surface area contributed by atoms with Crippen molar-refractivity contribution in [1.82, 2.24) is 9.88 Å². The number of benzene rings is 1. The largest absolute Gasteiger partial charge is 0.335 e. The predicted octanol–water partition coefficient (Wildman–Crippen LogP) is 4.78. The molecule has 0 bridgehead atoms. The number of hydrogen-bond donors (Lipinski definition) is 1. The number of nitrogens with one attached hydrogen (secondary N) is 1. The number of carbonyl (C=O) groups is 2. The fourth-order valence-electron chi connectivity index (χ4n) is 4.45. The average molecular weight is 398 g/mol. The number of likely N-dealkylation sites (tertiary alicyclic amines) is 1. The Morgan fingerprint density at radius 1 is 0.964 bits per heavy atom. The summed E-state index contributed by atoms with van der Waals surface area (Å²) in [6.07, 6.45) is 8.66. The molecule has 1 N–H and O–H groups in total. The second-order valence-electron chi connectivity index (χ2n) is 7.65. The monoisotopic (exact) mass is 397 g/mol. The van der Waals surface area contributed by atoms with Gasteiger partial charge in [0.05, 0.1) is 5.56 Å². The molecule has 0 radical (unpaired) electrons. The van der Waals surface area contributed by atoms with Gasteiger partial charge in [-0.3, -0.25) is 9.59 Å². The van der Waals surface area contributed by atoms with Crippen LogP contribution in [0.15, 0.2) is 42.6 Å². The first-order chi connectivity index (χ1) is 13.6. The molecule has 2 fully saturated rings. The number of nitrogens with zero attached hydrogens (tertiary/aromatic N) is 2.